The smallest absolute Gasteiger partial charge is 0.194 e. The van der Waals surface area contributed by atoms with Gasteiger partial charge in [0.1, 0.15) is 11.4 Å². The number of rotatable bonds is 5. The molecule has 28 heavy (non-hydrogen) atoms. The van der Waals surface area contributed by atoms with Gasteiger partial charge in [0.15, 0.2) is 5.96 Å². The monoisotopic (exact) mass is 497 g/mol. The van der Waals surface area contributed by atoms with Gasteiger partial charge in [0, 0.05) is 19.6 Å². The zero-order valence-corrected chi connectivity index (χ0v) is 19.3. The lowest BCUT2D eigenvalue weighted by Gasteiger charge is -2.39. The van der Waals surface area contributed by atoms with Gasteiger partial charge in [-0.3, -0.25) is 0 Å². The Bertz CT molecular complexity index is 732. The van der Waals surface area contributed by atoms with E-state index >= 15 is 0 Å². The van der Waals surface area contributed by atoms with Gasteiger partial charge in [0.2, 0.25) is 0 Å². The zero-order valence-electron chi connectivity index (χ0n) is 17.0. The van der Waals surface area contributed by atoms with Gasteiger partial charge in [0.25, 0.3) is 0 Å². The fourth-order valence-electron chi connectivity index (χ4n) is 3.85. The van der Waals surface area contributed by atoms with E-state index in [1.807, 2.05) is 0 Å². The molecule has 2 heterocycles. The number of aliphatic hydroxyl groups is 1. The van der Waals surface area contributed by atoms with Gasteiger partial charge >= 0.3 is 0 Å². The molecule has 1 fully saturated rings. The van der Waals surface area contributed by atoms with Gasteiger partial charge < -0.3 is 19.7 Å². The third-order valence-electron chi connectivity index (χ3n) is 5.36. The number of nitrogens with zero attached hydrogens (tertiary/aromatic N) is 2. The first-order chi connectivity index (χ1) is 13.0. The Balaban J connectivity index is 0.00000280. The molecule has 154 valence electrons. The lowest BCUT2D eigenvalue weighted by atomic mass is 9.82. The van der Waals surface area contributed by atoms with E-state index in [1.165, 1.54) is 5.56 Å². The largest absolute Gasteiger partial charge is 0.466 e. The Labute approximate surface area is 185 Å². The van der Waals surface area contributed by atoms with E-state index < -0.39 is 5.60 Å². The molecule has 5 nitrogen and oxygen atoms in total. The Morgan fingerprint density at radius 1 is 1.29 bits per heavy atom. The standard InChI is InChI=1S/C22H31N3O2.HI/c1-4-23-21(24-16-22(3,26)20-11-8-14-27-20)25-13-12-19(17(2)15-25)18-9-6-5-7-10-18;/h5-11,14,17,19,26H,4,12-13,15-16H2,1-3H3,(H,23,24);1H. The number of halogens is 1. The highest BCUT2D eigenvalue weighted by molar-refractivity contribution is 14.0. The van der Waals surface area contributed by atoms with Crippen LogP contribution >= 0.6 is 24.0 Å². The summed E-state index contributed by atoms with van der Waals surface area (Å²) in [5.74, 6) is 2.52. The maximum Gasteiger partial charge on any atom is 0.194 e. The summed E-state index contributed by atoms with van der Waals surface area (Å²) in [5.41, 5.74) is 0.311. The topological polar surface area (TPSA) is 61.0 Å². The molecule has 0 aliphatic carbocycles. The average Bonchev–Trinajstić information content (AvgIpc) is 3.21. The van der Waals surface area contributed by atoms with Crippen LogP contribution in [0.2, 0.25) is 0 Å². The molecule has 0 spiro atoms. The Kier molecular flexibility index (Phi) is 8.37. The van der Waals surface area contributed by atoms with E-state index in [1.54, 1.807) is 25.3 Å². The van der Waals surface area contributed by atoms with Gasteiger partial charge in [-0.05, 0) is 49.8 Å². The maximum atomic E-state index is 10.7. The summed E-state index contributed by atoms with van der Waals surface area (Å²) in [7, 11) is 0. The van der Waals surface area contributed by atoms with Crippen LogP contribution in [0, 0.1) is 5.92 Å². The van der Waals surface area contributed by atoms with Gasteiger partial charge in [-0.2, -0.15) is 0 Å². The number of hydrogen-bond donors (Lipinski definition) is 2. The van der Waals surface area contributed by atoms with Crippen molar-refractivity contribution in [2.24, 2.45) is 10.9 Å². The summed E-state index contributed by atoms with van der Waals surface area (Å²) in [6.45, 7) is 9.09. The minimum atomic E-state index is -1.11. The van der Waals surface area contributed by atoms with Gasteiger partial charge in [-0.1, -0.05) is 37.3 Å². The third-order valence-corrected chi connectivity index (χ3v) is 5.36. The van der Waals surface area contributed by atoms with Crippen molar-refractivity contribution >= 4 is 29.9 Å². The summed E-state index contributed by atoms with van der Waals surface area (Å²) in [5, 5.41) is 14.1. The first kappa shape index (κ1) is 22.7. The summed E-state index contributed by atoms with van der Waals surface area (Å²) in [6, 6.07) is 14.4. The molecule has 0 amide bonds. The molecule has 3 atom stereocenters. The molecular weight excluding hydrogens is 465 g/mol. The van der Waals surface area contributed by atoms with Crippen molar-refractivity contribution < 1.29 is 9.52 Å². The molecule has 1 aromatic heterocycles. The molecule has 2 N–H and O–H groups in total. The summed E-state index contributed by atoms with van der Waals surface area (Å²) >= 11 is 0. The van der Waals surface area contributed by atoms with Crippen molar-refractivity contribution in [3.8, 4) is 0 Å². The van der Waals surface area contributed by atoms with Crippen molar-refractivity contribution in [2.75, 3.05) is 26.2 Å². The van der Waals surface area contributed by atoms with Gasteiger partial charge in [-0.25, -0.2) is 4.99 Å². The van der Waals surface area contributed by atoms with E-state index in [0.29, 0.717) is 17.6 Å². The molecule has 1 saturated heterocycles. The second-order valence-corrected chi connectivity index (χ2v) is 7.65. The molecule has 1 aliphatic rings. The second-order valence-electron chi connectivity index (χ2n) is 7.65. The molecule has 0 bridgehead atoms. The van der Waals surface area contributed by atoms with Crippen LogP contribution in [0.15, 0.2) is 58.1 Å². The fraction of sp³-hybridized carbons (Fsp3) is 0.500. The van der Waals surface area contributed by atoms with Crippen molar-refractivity contribution in [1.82, 2.24) is 10.2 Å². The molecule has 0 saturated carbocycles. The van der Waals surface area contributed by atoms with Gasteiger partial charge in [0.05, 0.1) is 12.8 Å². The van der Waals surface area contributed by atoms with Crippen LogP contribution in [-0.4, -0.2) is 42.1 Å². The predicted molar refractivity (Wildman–Crippen MR) is 124 cm³/mol. The average molecular weight is 497 g/mol. The van der Waals surface area contributed by atoms with Crippen molar-refractivity contribution in [3.63, 3.8) is 0 Å². The quantitative estimate of drug-likeness (QED) is 0.370. The highest BCUT2D eigenvalue weighted by Crippen LogP contribution is 2.32. The second kappa shape index (κ2) is 10.3. The lowest BCUT2D eigenvalue weighted by Crippen LogP contribution is -2.48. The highest BCUT2D eigenvalue weighted by Gasteiger charge is 2.30. The first-order valence-electron chi connectivity index (χ1n) is 9.86. The van der Waals surface area contributed by atoms with Crippen LogP contribution in [0.3, 0.4) is 0 Å². The molecule has 6 heteroatoms. The number of benzene rings is 1. The van der Waals surface area contributed by atoms with Crippen LogP contribution in [0.5, 0.6) is 0 Å². The predicted octanol–water partition coefficient (Wildman–Crippen LogP) is 4.20. The molecular formula is C22H32IN3O2. The minimum Gasteiger partial charge on any atom is -0.466 e. The van der Waals surface area contributed by atoms with Gasteiger partial charge in [-0.15, -0.1) is 24.0 Å². The number of furan rings is 1. The van der Waals surface area contributed by atoms with E-state index in [0.717, 1.165) is 32.0 Å². The van der Waals surface area contributed by atoms with Crippen LogP contribution < -0.4 is 5.32 Å². The zero-order chi connectivity index (χ0) is 19.3. The van der Waals surface area contributed by atoms with Crippen LogP contribution in [0.25, 0.3) is 0 Å². The van der Waals surface area contributed by atoms with E-state index in [9.17, 15) is 5.11 Å². The summed E-state index contributed by atoms with van der Waals surface area (Å²) in [6.07, 6.45) is 2.68. The number of likely N-dealkylation sites (tertiary alicyclic amines) is 1. The fourth-order valence-corrected chi connectivity index (χ4v) is 3.85. The molecule has 3 unspecified atom stereocenters. The van der Waals surface area contributed by atoms with E-state index in [4.69, 9.17) is 9.41 Å². The number of guanidine groups is 1. The molecule has 2 aromatic rings. The normalized spacial score (nSPS) is 22.3. The Hall–Kier alpha value is -1.54. The van der Waals surface area contributed by atoms with E-state index in [2.05, 4.69) is 54.4 Å². The van der Waals surface area contributed by atoms with Crippen molar-refractivity contribution in [2.45, 2.75) is 38.7 Å². The molecule has 1 aromatic carbocycles. The number of aliphatic imine (C=N–C) groups is 1. The van der Waals surface area contributed by atoms with Crippen LogP contribution in [0.4, 0.5) is 0 Å². The number of nitrogens with one attached hydrogen (secondary N) is 1. The van der Waals surface area contributed by atoms with Crippen LogP contribution in [-0.2, 0) is 5.60 Å². The third kappa shape index (κ3) is 5.50. The number of piperidine rings is 1. The minimum absolute atomic E-state index is 0. The SMILES string of the molecule is CCNC(=NCC(C)(O)c1ccco1)N1CCC(c2ccccc2)C(C)C1.I. The Morgan fingerprint density at radius 2 is 2.04 bits per heavy atom. The lowest BCUT2D eigenvalue weighted by molar-refractivity contribution is 0.0433. The van der Waals surface area contributed by atoms with E-state index in [-0.39, 0.29) is 30.5 Å². The van der Waals surface area contributed by atoms with Crippen molar-refractivity contribution in [1.29, 1.82) is 0 Å². The molecule has 0 radical (unpaired) electrons. The summed E-state index contributed by atoms with van der Waals surface area (Å²) in [4.78, 5) is 7.03. The summed E-state index contributed by atoms with van der Waals surface area (Å²) < 4.78 is 5.36. The first-order valence-corrected chi connectivity index (χ1v) is 9.86. The maximum absolute atomic E-state index is 10.7. The van der Waals surface area contributed by atoms with Crippen molar-refractivity contribution in [3.05, 3.63) is 60.1 Å². The highest BCUT2D eigenvalue weighted by atomic mass is 127. The molecule has 1 aliphatic heterocycles. The van der Waals surface area contributed by atoms with Crippen LogP contribution in [0.1, 0.15) is 44.4 Å². The molecule has 3 rings (SSSR count). The number of hydrogen-bond acceptors (Lipinski definition) is 3. The Morgan fingerprint density at radius 3 is 2.64 bits per heavy atom.